The Morgan fingerprint density at radius 1 is 1.19 bits per heavy atom. The lowest BCUT2D eigenvalue weighted by Gasteiger charge is -2.35. The number of nitrogens with zero attached hydrogens (tertiary/aromatic N) is 5. The summed E-state index contributed by atoms with van der Waals surface area (Å²) in [6.45, 7) is 6.19. The topological polar surface area (TPSA) is 80.3 Å². The Morgan fingerprint density at radius 3 is 2.56 bits per heavy atom. The zero-order valence-electron chi connectivity index (χ0n) is 15.6. The Kier molecular flexibility index (Phi) is 5.36. The van der Waals surface area contributed by atoms with E-state index in [0.717, 1.165) is 51.4 Å². The maximum absolute atomic E-state index is 12.8. The van der Waals surface area contributed by atoms with E-state index in [-0.39, 0.29) is 11.2 Å². The van der Waals surface area contributed by atoms with Crippen LogP contribution in [-0.4, -0.2) is 62.0 Å². The minimum Gasteiger partial charge on any atom is -0.339 e. The normalized spacial score (nSPS) is 19.2. The van der Waals surface area contributed by atoms with E-state index in [2.05, 4.69) is 39.4 Å². The van der Waals surface area contributed by atoms with Crippen molar-refractivity contribution in [2.24, 2.45) is 0 Å². The number of carbonyl (C=O) groups is 1. The first-order chi connectivity index (χ1) is 13.1. The van der Waals surface area contributed by atoms with Crippen LogP contribution in [0.2, 0.25) is 0 Å². The van der Waals surface area contributed by atoms with Gasteiger partial charge in [-0.2, -0.15) is 0 Å². The van der Waals surface area contributed by atoms with Crippen LogP contribution in [0.15, 0.2) is 35.5 Å². The van der Waals surface area contributed by atoms with Gasteiger partial charge in [-0.25, -0.2) is 4.68 Å². The predicted molar refractivity (Wildman–Crippen MR) is 106 cm³/mol. The summed E-state index contributed by atoms with van der Waals surface area (Å²) in [7, 11) is 0. The van der Waals surface area contributed by atoms with Gasteiger partial charge >= 0.3 is 0 Å². The van der Waals surface area contributed by atoms with Crippen molar-refractivity contribution in [2.75, 3.05) is 32.0 Å². The summed E-state index contributed by atoms with van der Waals surface area (Å²) >= 11 is 1.40. The standard InChI is InChI=1S/C19H26N6OS/c1-14(27-19-22-21-17(25(19)20)16-7-8-16)18(26)24-11-9-23(10-12-24)13-15-5-3-2-4-6-15/h2-6,14,16H,7-13,20H2,1H3. The van der Waals surface area contributed by atoms with Crippen molar-refractivity contribution in [3.8, 4) is 0 Å². The first kappa shape index (κ1) is 18.3. The minimum atomic E-state index is -0.218. The summed E-state index contributed by atoms with van der Waals surface area (Å²) in [5, 5.41) is 8.77. The smallest absolute Gasteiger partial charge is 0.235 e. The van der Waals surface area contributed by atoms with Gasteiger partial charge in [0.05, 0.1) is 5.25 Å². The molecule has 8 heteroatoms. The maximum atomic E-state index is 12.8. The third-order valence-electron chi connectivity index (χ3n) is 5.20. The molecule has 2 N–H and O–H groups in total. The van der Waals surface area contributed by atoms with Crippen LogP contribution in [-0.2, 0) is 11.3 Å². The molecule has 1 aliphatic heterocycles. The van der Waals surface area contributed by atoms with Gasteiger partial charge in [-0.1, -0.05) is 42.1 Å². The summed E-state index contributed by atoms with van der Waals surface area (Å²) in [4.78, 5) is 17.2. The molecule has 0 bridgehead atoms. The van der Waals surface area contributed by atoms with Crippen molar-refractivity contribution in [2.45, 2.75) is 42.6 Å². The Hall–Kier alpha value is -2.06. The second kappa shape index (κ2) is 7.90. The summed E-state index contributed by atoms with van der Waals surface area (Å²) in [5.41, 5.74) is 1.31. The summed E-state index contributed by atoms with van der Waals surface area (Å²) in [6.07, 6.45) is 2.25. The van der Waals surface area contributed by atoms with Crippen LogP contribution in [0.4, 0.5) is 0 Å². The van der Waals surface area contributed by atoms with Crippen LogP contribution in [0.25, 0.3) is 0 Å². The van der Waals surface area contributed by atoms with Crippen LogP contribution in [0.1, 0.15) is 37.1 Å². The molecule has 1 atom stereocenters. The molecule has 2 heterocycles. The molecule has 27 heavy (non-hydrogen) atoms. The van der Waals surface area contributed by atoms with Gasteiger partial charge in [0.2, 0.25) is 11.1 Å². The van der Waals surface area contributed by atoms with E-state index in [1.165, 1.54) is 17.3 Å². The number of carbonyl (C=O) groups excluding carboxylic acids is 1. The van der Waals surface area contributed by atoms with Crippen LogP contribution in [0, 0.1) is 0 Å². The molecule has 1 aromatic carbocycles. The molecular formula is C19H26N6OS. The fourth-order valence-electron chi connectivity index (χ4n) is 3.42. The van der Waals surface area contributed by atoms with Crippen molar-refractivity contribution in [3.05, 3.63) is 41.7 Å². The fraction of sp³-hybridized carbons (Fsp3) is 0.526. The molecule has 1 aromatic heterocycles. The van der Waals surface area contributed by atoms with Gasteiger partial charge < -0.3 is 10.7 Å². The van der Waals surface area contributed by atoms with Crippen molar-refractivity contribution >= 4 is 17.7 Å². The lowest BCUT2D eigenvalue weighted by molar-refractivity contribution is -0.132. The lowest BCUT2D eigenvalue weighted by Crippen LogP contribution is -2.50. The van der Waals surface area contributed by atoms with Gasteiger partial charge in [0.25, 0.3) is 0 Å². The molecule has 1 aliphatic carbocycles. The summed E-state index contributed by atoms with van der Waals surface area (Å²) in [5.74, 6) is 7.53. The average Bonchev–Trinajstić information content (AvgIpc) is 3.47. The van der Waals surface area contributed by atoms with E-state index in [1.54, 1.807) is 4.68 Å². The van der Waals surface area contributed by atoms with Crippen molar-refractivity contribution < 1.29 is 4.79 Å². The van der Waals surface area contributed by atoms with Gasteiger partial charge in [-0.3, -0.25) is 9.69 Å². The highest BCUT2D eigenvalue weighted by atomic mass is 32.2. The number of nitrogen functional groups attached to an aromatic ring is 1. The highest BCUT2D eigenvalue weighted by Crippen LogP contribution is 2.39. The molecular weight excluding hydrogens is 360 g/mol. The zero-order chi connectivity index (χ0) is 18.8. The van der Waals surface area contributed by atoms with Crippen LogP contribution in [0.5, 0.6) is 0 Å². The van der Waals surface area contributed by atoms with Crippen molar-refractivity contribution in [1.29, 1.82) is 0 Å². The molecule has 0 spiro atoms. The first-order valence-electron chi connectivity index (χ1n) is 9.54. The first-order valence-corrected chi connectivity index (χ1v) is 10.4. The Labute approximate surface area is 163 Å². The number of thioether (sulfide) groups is 1. The van der Waals surface area contributed by atoms with Gasteiger partial charge in [-0.05, 0) is 25.3 Å². The van der Waals surface area contributed by atoms with E-state index in [0.29, 0.717) is 11.1 Å². The van der Waals surface area contributed by atoms with Crippen molar-refractivity contribution in [1.82, 2.24) is 24.7 Å². The fourth-order valence-corrected chi connectivity index (χ4v) is 4.28. The second-order valence-electron chi connectivity index (χ2n) is 7.33. The highest BCUT2D eigenvalue weighted by molar-refractivity contribution is 8.00. The van der Waals surface area contributed by atoms with Gasteiger partial charge in [0.15, 0.2) is 5.82 Å². The van der Waals surface area contributed by atoms with Gasteiger partial charge in [0.1, 0.15) is 0 Å². The quantitative estimate of drug-likeness (QED) is 0.601. The minimum absolute atomic E-state index is 0.148. The Balaban J connectivity index is 1.28. The molecule has 1 saturated heterocycles. The third kappa shape index (κ3) is 4.27. The number of nitrogens with two attached hydrogens (primary N) is 1. The number of hydrogen-bond donors (Lipinski definition) is 1. The Bertz CT molecular complexity index is 783. The van der Waals surface area contributed by atoms with E-state index >= 15 is 0 Å². The molecule has 2 aromatic rings. The number of hydrogen-bond acceptors (Lipinski definition) is 6. The van der Waals surface area contributed by atoms with Crippen LogP contribution < -0.4 is 5.84 Å². The number of aromatic nitrogens is 3. The largest absolute Gasteiger partial charge is 0.339 e. The van der Waals surface area contributed by atoms with E-state index in [4.69, 9.17) is 5.84 Å². The lowest BCUT2D eigenvalue weighted by atomic mass is 10.2. The van der Waals surface area contributed by atoms with Crippen LogP contribution in [0.3, 0.4) is 0 Å². The van der Waals surface area contributed by atoms with Gasteiger partial charge in [0, 0.05) is 38.6 Å². The number of rotatable bonds is 6. The molecule has 4 rings (SSSR count). The zero-order valence-corrected chi connectivity index (χ0v) is 16.4. The average molecular weight is 387 g/mol. The molecule has 2 fully saturated rings. The maximum Gasteiger partial charge on any atom is 0.235 e. The molecule has 1 saturated carbocycles. The van der Waals surface area contributed by atoms with Crippen molar-refractivity contribution in [3.63, 3.8) is 0 Å². The van der Waals surface area contributed by atoms with Gasteiger partial charge in [-0.15, -0.1) is 10.2 Å². The summed E-state index contributed by atoms with van der Waals surface area (Å²) < 4.78 is 1.56. The SMILES string of the molecule is CC(Sc1nnc(C2CC2)n1N)C(=O)N1CCN(Cc2ccccc2)CC1. The van der Waals surface area contributed by atoms with Crippen LogP contribution >= 0.6 is 11.8 Å². The molecule has 2 aliphatic rings. The monoisotopic (exact) mass is 386 g/mol. The molecule has 0 radical (unpaired) electrons. The van der Waals surface area contributed by atoms with E-state index in [1.807, 2.05) is 17.9 Å². The third-order valence-corrected chi connectivity index (χ3v) is 6.24. The molecule has 1 amide bonds. The summed E-state index contributed by atoms with van der Waals surface area (Å²) in [6, 6.07) is 10.5. The Morgan fingerprint density at radius 2 is 1.89 bits per heavy atom. The second-order valence-corrected chi connectivity index (χ2v) is 8.64. The number of amides is 1. The number of piperazine rings is 1. The highest BCUT2D eigenvalue weighted by Gasteiger charge is 2.31. The van der Waals surface area contributed by atoms with E-state index < -0.39 is 0 Å². The molecule has 7 nitrogen and oxygen atoms in total. The molecule has 144 valence electrons. The number of benzene rings is 1. The van der Waals surface area contributed by atoms with E-state index in [9.17, 15) is 4.79 Å². The predicted octanol–water partition coefficient (Wildman–Crippen LogP) is 1.69. The molecule has 1 unspecified atom stereocenters.